The van der Waals surface area contributed by atoms with Crippen LogP contribution in [0.25, 0.3) is 0 Å². The second kappa shape index (κ2) is 6.29. The molecule has 118 valence electrons. The summed E-state index contributed by atoms with van der Waals surface area (Å²) in [6, 6.07) is 2.65. The number of piperidine rings is 1. The van der Waals surface area contributed by atoms with E-state index in [9.17, 15) is 17.4 Å². The summed E-state index contributed by atoms with van der Waals surface area (Å²) in [7, 11) is -4.70. The molecule has 1 aliphatic rings. The zero-order valence-electron chi connectivity index (χ0n) is 11.5. The van der Waals surface area contributed by atoms with Crippen LogP contribution in [0.4, 0.5) is 0 Å². The number of carbonyl (C=O) groups is 1. The summed E-state index contributed by atoms with van der Waals surface area (Å²) in [5.74, 6) is -1.22. The molecule has 0 aromatic carbocycles. The van der Waals surface area contributed by atoms with E-state index in [0.29, 0.717) is 13.1 Å². The molecule has 1 fully saturated rings. The Balaban J connectivity index is 2.00. The maximum absolute atomic E-state index is 12.2. The van der Waals surface area contributed by atoms with E-state index in [1.807, 2.05) is 0 Å². The molecule has 0 bridgehead atoms. The molecule has 2 rings (SSSR count). The van der Waals surface area contributed by atoms with Crippen molar-refractivity contribution in [3.63, 3.8) is 0 Å². The van der Waals surface area contributed by atoms with Crippen LogP contribution in [0, 0.1) is 5.92 Å². The number of nitrogens with zero attached hydrogens (tertiary/aromatic N) is 1. The lowest BCUT2D eigenvalue weighted by Gasteiger charge is -2.30. The fourth-order valence-corrected chi connectivity index (χ4v) is 4.53. The van der Waals surface area contributed by atoms with Gasteiger partial charge in [-0.25, -0.2) is 17.5 Å². The zero-order chi connectivity index (χ0) is 15.6. The van der Waals surface area contributed by atoms with Gasteiger partial charge in [-0.15, -0.1) is 0 Å². The molecule has 0 saturated carbocycles. The minimum atomic E-state index is -3.23. The summed E-state index contributed by atoms with van der Waals surface area (Å²) >= 11 is 0. The first-order chi connectivity index (χ1) is 9.77. The Labute approximate surface area is 125 Å². The predicted molar refractivity (Wildman–Crippen MR) is 76.1 cm³/mol. The molecule has 1 saturated heterocycles. The van der Waals surface area contributed by atoms with Crippen LogP contribution < -0.4 is 0 Å². The van der Waals surface area contributed by atoms with Gasteiger partial charge in [-0.2, -0.15) is 0 Å². The van der Waals surface area contributed by atoms with Crippen LogP contribution >= 0.6 is 0 Å². The van der Waals surface area contributed by atoms with Crippen molar-refractivity contribution in [3.8, 4) is 0 Å². The van der Waals surface area contributed by atoms with Crippen molar-refractivity contribution in [3.05, 3.63) is 17.9 Å². The van der Waals surface area contributed by atoms with Crippen LogP contribution in [0.1, 0.15) is 23.4 Å². The van der Waals surface area contributed by atoms with Crippen LogP contribution in [-0.2, 0) is 20.8 Å². The summed E-state index contributed by atoms with van der Waals surface area (Å²) in [4.78, 5) is 10.7. The van der Waals surface area contributed by atoms with Crippen LogP contribution in [0.15, 0.2) is 21.6 Å². The first kappa shape index (κ1) is 16.2. The van der Waals surface area contributed by atoms with Crippen molar-refractivity contribution in [2.75, 3.05) is 25.1 Å². The number of sulfonamides is 1. The number of carboxylic acids is 1. The molecule has 1 N–H and O–H groups in total. The zero-order valence-corrected chi connectivity index (χ0v) is 13.2. The summed E-state index contributed by atoms with van der Waals surface area (Å²) < 4.78 is 41.6. The maximum Gasteiger partial charge on any atom is 0.371 e. The number of carboxylic acid groups (broad SMARTS) is 1. The minimum Gasteiger partial charge on any atom is -0.475 e. The SMILES string of the molecule is CS(=O)(=O)N1CCCC(CS(=O)c2ccc(C(=O)O)o2)C1. The number of hydrogen-bond acceptors (Lipinski definition) is 5. The Hall–Kier alpha value is -1.19. The standard InChI is InChI=1S/C12H17NO6S2/c1-21(17,18)13-6-2-3-9(7-13)8-20(16)11-5-4-10(19-11)12(14)15/h4-5,9H,2-3,6-8H2,1H3,(H,14,15). The average Bonchev–Trinajstić information content (AvgIpc) is 2.88. The Morgan fingerprint density at radius 1 is 1.52 bits per heavy atom. The van der Waals surface area contributed by atoms with E-state index in [1.54, 1.807) is 0 Å². The summed E-state index contributed by atoms with van der Waals surface area (Å²) in [6.07, 6.45) is 2.69. The smallest absolute Gasteiger partial charge is 0.371 e. The van der Waals surface area contributed by atoms with Gasteiger partial charge in [0.15, 0.2) is 5.09 Å². The van der Waals surface area contributed by atoms with E-state index in [1.165, 1.54) is 16.4 Å². The minimum absolute atomic E-state index is 0.0207. The van der Waals surface area contributed by atoms with Crippen molar-refractivity contribution in [1.29, 1.82) is 0 Å². The first-order valence-electron chi connectivity index (χ1n) is 6.44. The van der Waals surface area contributed by atoms with Crippen molar-refractivity contribution < 1.29 is 26.9 Å². The van der Waals surface area contributed by atoms with E-state index in [2.05, 4.69) is 0 Å². The maximum atomic E-state index is 12.2. The first-order valence-corrected chi connectivity index (χ1v) is 9.60. The number of rotatable bonds is 5. The van der Waals surface area contributed by atoms with Gasteiger partial charge in [0.25, 0.3) is 0 Å². The van der Waals surface area contributed by atoms with Gasteiger partial charge in [0.1, 0.15) is 0 Å². The number of furan rings is 1. The van der Waals surface area contributed by atoms with Crippen molar-refractivity contribution in [2.24, 2.45) is 5.92 Å². The Bertz CT molecular complexity index is 650. The van der Waals surface area contributed by atoms with Crippen molar-refractivity contribution >= 4 is 26.8 Å². The molecule has 1 aromatic heterocycles. The third-order valence-corrected chi connectivity index (χ3v) is 6.07. The molecule has 2 heterocycles. The largest absolute Gasteiger partial charge is 0.475 e. The second-order valence-electron chi connectivity index (χ2n) is 5.07. The number of hydrogen-bond donors (Lipinski definition) is 1. The Morgan fingerprint density at radius 2 is 2.24 bits per heavy atom. The van der Waals surface area contributed by atoms with Gasteiger partial charge in [0, 0.05) is 18.8 Å². The molecule has 2 atom stereocenters. The number of aromatic carboxylic acids is 1. The van der Waals surface area contributed by atoms with Crippen LogP contribution in [0.5, 0.6) is 0 Å². The highest BCUT2D eigenvalue weighted by atomic mass is 32.2. The lowest BCUT2D eigenvalue weighted by Crippen LogP contribution is -2.40. The summed E-state index contributed by atoms with van der Waals surface area (Å²) in [5, 5.41) is 8.87. The van der Waals surface area contributed by atoms with E-state index in [0.717, 1.165) is 19.1 Å². The fraction of sp³-hybridized carbons (Fsp3) is 0.583. The van der Waals surface area contributed by atoms with Gasteiger partial charge in [0.05, 0.1) is 17.1 Å². The van der Waals surface area contributed by atoms with Crippen molar-refractivity contribution in [1.82, 2.24) is 4.31 Å². The lowest BCUT2D eigenvalue weighted by molar-refractivity contribution is 0.0656. The summed E-state index contributed by atoms with van der Waals surface area (Å²) in [5.41, 5.74) is 0. The molecule has 21 heavy (non-hydrogen) atoms. The molecule has 0 spiro atoms. The van der Waals surface area contributed by atoms with Gasteiger partial charge in [-0.05, 0) is 30.9 Å². The topological polar surface area (TPSA) is 105 Å². The lowest BCUT2D eigenvalue weighted by atomic mass is 10.0. The molecular weight excluding hydrogens is 318 g/mol. The Morgan fingerprint density at radius 3 is 2.81 bits per heavy atom. The van der Waals surface area contributed by atoms with Gasteiger partial charge in [-0.1, -0.05) is 0 Å². The highest BCUT2D eigenvalue weighted by molar-refractivity contribution is 7.88. The van der Waals surface area contributed by atoms with Crippen LogP contribution in [0.3, 0.4) is 0 Å². The van der Waals surface area contributed by atoms with Gasteiger partial charge >= 0.3 is 5.97 Å². The highest BCUT2D eigenvalue weighted by Gasteiger charge is 2.28. The Kier molecular flexibility index (Phi) is 4.84. The van der Waals surface area contributed by atoms with E-state index in [4.69, 9.17) is 9.52 Å². The highest BCUT2D eigenvalue weighted by Crippen LogP contribution is 2.22. The normalized spacial score (nSPS) is 22.0. The van der Waals surface area contributed by atoms with Crippen LogP contribution in [-0.4, -0.2) is 53.1 Å². The molecule has 9 heteroatoms. The van der Waals surface area contributed by atoms with Gasteiger partial charge in [0.2, 0.25) is 15.8 Å². The van der Waals surface area contributed by atoms with Crippen molar-refractivity contribution in [2.45, 2.75) is 17.9 Å². The molecule has 0 aliphatic carbocycles. The third kappa shape index (κ3) is 4.14. The predicted octanol–water partition coefficient (Wildman–Crippen LogP) is 0.757. The molecule has 7 nitrogen and oxygen atoms in total. The van der Waals surface area contributed by atoms with E-state index >= 15 is 0 Å². The monoisotopic (exact) mass is 335 g/mol. The molecular formula is C12H17NO6S2. The van der Waals surface area contributed by atoms with E-state index in [-0.39, 0.29) is 22.5 Å². The second-order valence-corrected chi connectivity index (χ2v) is 8.47. The average molecular weight is 335 g/mol. The fourth-order valence-electron chi connectivity index (χ4n) is 2.32. The molecule has 2 unspecified atom stereocenters. The van der Waals surface area contributed by atoms with Gasteiger partial charge < -0.3 is 9.52 Å². The molecule has 1 aromatic rings. The summed E-state index contributed by atoms with van der Waals surface area (Å²) in [6.45, 7) is 0.836. The quantitative estimate of drug-likeness (QED) is 0.851. The van der Waals surface area contributed by atoms with Crippen LogP contribution in [0.2, 0.25) is 0 Å². The third-order valence-electron chi connectivity index (χ3n) is 3.35. The van der Waals surface area contributed by atoms with Gasteiger partial charge in [-0.3, -0.25) is 4.21 Å². The molecule has 0 radical (unpaired) electrons. The molecule has 0 amide bonds. The van der Waals surface area contributed by atoms with E-state index < -0.39 is 26.8 Å². The molecule has 1 aliphatic heterocycles.